The third-order valence-electron chi connectivity index (χ3n) is 2.10. The summed E-state index contributed by atoms with van der Waals surface area (Å²) in [4.78, 5) is 1.05. The van der Waals surface area contributed by atoms with E-state index >= 15 is 0 Å². The van der Waals surface area contributed by atoms with Crippen LogP contribution in [-0.2, 0) is 0 Å². The van der Waals surface area contributed by atoms with Crippen molar-refractivity contribution in [2.45, 2.75) is 17.4 Å². The van der Waals surface area contributed by atoms with Crippen molar-refractivity contribution in [1.29, 1.82) is 0 Å². The maximum absolute atomic E-state index is 4.28. The van der Waals surface area contributed by atoms with E-state index in [1.165, 1.54) is 12.0 Å². The second-order valence-electron chi connectivity index (χ2n) is 2.89. The van der Waals surface area contributed by atoms with Crippen molar-refractivity contribution in [3.63, 3.8) is 0 Å². The van der Waals surface area contributed by atoms with E-state index in [0.29, 0.717) is 6.04 Å². The molecule has 0 aliphatic carbocycles. The van der Waals surface area contributed by atoms with Gasteiger partial charge in [-0.2, -0.15) is 0 Å². The van der Waals surface area contributed by atoms with Gasteiger partial charge in [-0.05, 0) is 30.7 Å². The van der Waals surface area contributed by atoms with Crippen molar-refractivity contribution >= 4 is 12.6 Å². The normalized spacial score (nSPS) is 22.8. The first-order valence-electron chi connectivity index (χ1n) is 3.88. The van der Waals surface area contributed by atoms with Crippen LogP contribution in [0.1, 0.15) is 18.0 Å². The molecule has 1 heterocycles. The van der Waals surface area contributed by atoms with E-state index in [-0.39, 0.29) is 0 Å². The molecule has 58 valence electrons. The summed E-state index contributed by atoms with van der Waals surface area (Å²) in [5.41, 5.74) is 1.36. The predicted molar refractivity (Wildman–Crippen MR) is 49.1 cm³/mol. The van der Waals surface area contributed by atoms with Crippen molar-refractivity contribution in [3.8, 4) is 0 Å². The summed E-state index contributed by atoms with van der Waals surface area (Å²) in [6, 6.07) is 8.92. The SMILES string of the molecule is Sc1cccc(C2CCN2)c1. The molecule has 1 fully saturated rings. The molecule has 0 radical (unpaired) electrons. The summed E-state index contributed by atoms with van der Waals surface area (Å²) in [7, 11) is 0. The van der Waals surface area contributed by atoms with E-state index < -0.39 is 0 Å². The number of benzene rings is 1. The van der Waals surface area contributed by atoms with Crippen molar-refractivity contribution in [2.75, 3.05) is 6.54 Å². The lowest BCUT2D eigenvalue weighted by atomic mass is 9.98. The number of hydrogen-bond acceptors (Lipinski definition) is 2. The topological polar surface area (TPSA) is 12.0 Å². The van der Waals surface area contributed by atoms with Crippen LogP contribution in [0, 0.1) is 0 Å². The molecule has 1 aliphatic heterocycles. The first-order valence-corrected chi connectivity index (χ1v) is 4.33. The molecule has 1 aromatic rings. The first-order chi connectivity index (χ1) is 5.36. The lowest BCUT2D eigenvalue weighted by molar-refractivity contribution is 0.383. The molecule has 2 heteroatoms. The van der Waals surface area contributed by atoms with Gasteiger partial charge in [-0.25, -0.2) is 0 Å². The standard InChI is InChI=1S/C9H11NS/c11-8-3-1-2-7(6-8)9-4-5-10-9/h1-3,6,9-11H,4-5H2. The van der Waals surface area contributed by atoms with E-state index in [0.717, 1.165) is 11.4 Å². The van der Waals surface area contributed by atoms with E-state index in [1.54, 1.807) is 0 Å². The Morgan fingerprint density at radius 1 is 1.45 bits per heavy atom. The van der Waals surface area contributed by atoms with Gasteiger partial charge in [0.25, 0.3) is 0 Å². The minimum absolute atomic E-state index is 0.585. The van der Waals surface area contributed by atoms with Gasteiger partial charge in [0.1, 0.15) is 0 Å². The van der Waals surface area contributed by atoms with E-state index in [9.17, 15) is 0 Å². The van der Waals surface area contributed by atoms with Crippen LogP contribution < -0.4 is 5.32 Å². The molecule has 0 aromatic heterocycles. The molecule has 0 bridgehead atoms. The molecule has 1 unspecified atom stereocenters. The monoisotopic (exact) mass is 165 g/mol. The Bertz CT molecular complexity index is 255. The van der Waals surface area contributed by atoms with E-state index in [2.05, 4.69) is 36.1 Å². The zero-order valence-electron chi connectivity index (χ0n) is 6.25. The van der Waals surface area contributed by atoms with Crippen LogP contribution in [0.5, 0.6) is 0 Å². The highest BCUT2D eigenvalue weighted by molar-refractivity contribution is 7.80. The Morgan fingerprint density at radius 2 is 2.27 bits per heavy atom. The Morgan fingerprint density at radius 3 is 2.82 bits per heavy atom. The van der Waals surface area contributed by atoms with Gasteiger partial charge in [0, 0.05) is 10.9 Å². The van der Waals surface area contributed by atoms with Crippen LogP contribution in [0.2, 0.25) is 0 Å². The first kappa shape index (κ1) is 7.19. The summed E-state index contributed by atoms with van der Waals surface area (Å²) >= 11 is 4.28. The Hall–Kier alpha value is -0.470. The molecule has 11 heavy (non-hydrogen) atoms. The van der Waals surface area contributed by atoms with Gasteiger partial charge in [-0.15, -0.1) is 12.6 Å². The van der Waals surface area contributed by atoms with Crippen LogP contribution >= 0.6 is 12.6 Å². The molecule has 0 spiro atoms. The molecule has 1 N–H and O–H groups in total. The molecule has 1 aromatic carbocycles. The Balaban J connectivity index is 2.23. The zero-order chi connectivity index (χ0) is 7.68. The minimum Gasteiger partial charge on any atom is -0.310 e. The Labute approximate surface area is 72.2 Å². The van der Waals surface area contributed by atoms with Gasteiger partial charge >= 0.3 is 0 Å². The second-order valence-corrected chi connectivity index (χ2v) is 3.41. The van der Waals surface area contributed by atoms with Crippen molar-refractivity contribution in [2.24, 2.45) is 0 Å². The van der Waals surface area contributed by atoms with Crippen molar-refractivity contribution in [3.05, 3.63) is 29.8 Å². The third kappa shape index (κ3) is 1.42. The summed E-state index contributed by atoms with van der Waals surface area (Å²) in [6.07, 6.45) is 1.26. The molecule has 1 atom stereocenters. The maximum atomic E-state index is 4.28. The van der Waals surface area contributed by atoms with Gasteiger partial charge < -0.3 is 5.32 Å². The summed E-state index contributed by atoms with van der Waals surface area (Å²) in [5.74, 6) is 0. The fraction of sp³-hybridized carbons (Fsp3) is 0.333. The van der Waals surface area contributed by atoms with Crippen molar-refractivity contribution in [1.82, 2.24) is 5.32 Å². The summed E-state index contributed by atoms with van der Waals surface area (Å²) in [5, 5.41) is 3.36. The van der Waals surface area contributed by atoms with Crippen molar-refractivity contribution < 1.29 is 0 Å². The van der Waals surface area contributed by atoms with Gasteiger partial charge in [-0.3, -0.25) is 0 Å². The molecular formula is C9H11NS. The van der Waals surface area contributed by atoms with Gasteiger partial charge in [0.15, 0.2) is 0 Å². The number of rotatable bonds is 1. The van der Waals surface area contributed by atoms with Crippen LogP contribution in [0.3, 0.4) is 0 Å². The zero-order valence-corrected chi connectivity index (χ0v) is 7.14. The number of hydrogen-bond donors (Lipinski definition) is 2. The minimum atomic E-state index is 0.585. The predicted octanol–water partition coefficient (Wildman–Crippen LogP) is 2.01. The largest absolute Gasteiger partial charge is 0.310 e. The molecular weight excluding hydrogens is 154 g/mol. The molecule has 1 nitrogen and oxygen atoms in total. The average Bonchev–Trinajstić information content (AvgIpc) is 1.83. The van der Waals surface area contributed by atoms with Gasteiger partial charge in [0.2, 0.25) is 0 Å². The number of nitrogens with one attached hydrogen (secondary N) is 1. The second kappa shape index (κ2) is 2.88. The smallest absolute Gasteiger partial charge is 0.0332 e. The van der Waals surface area contributed by atoms with Gasteiger partial charge in [-0.1, -0.05) is 12.1 Å². The van der Waals surface area contributed by atoms with Crippen LogP contribution in [0.15, 0.2) is 29.2 Å². The molecule has 0 amide bonds. The third-order valence-corrected chi connectivity index (χ3v) is 2.37. The maximum Gasteiger partial charge on any atom is 0.0332 e. The highest BCUT2D eigenvalue weighted by Crippen LogP contribution is 2.23. The highest BCUT2D eigenvalue weighted by Gasteiger charge is 2.17. The van der Waals surface area contributed by atoms with E-state index in [4.69, 9.17) is 0 Å². The van der Waals surface area contributed by atoms with Crippen LogP contribution in [0.4, 0.5) is 0 Å². The van der Waals surface area contributed by atoms with E-state index in [1.807, 2.05) is 6.07 Å². The molecule has 0 saturated carbocycles. The molecule has 2 rings (SSSR count). The quantitative estimate of drug-likeness (QED) is 0.607. The lowest BCUT2D eigenvalue weighted by Gasteiger charge is -2.28. The van der Waals surface area contributed by atoms with Crippen LogP contribution in [-0.4, -0.2) is 6.54 Å². The average molecular weight is 165 g/mol. The fourth-order valence-corrected chi connectivity index (χ4v) is 1.55. The van der Waals surface area contributed by atoms with Crippen LogP contribution in [0.25, 0.3) is 0 Å². The van der Waals surface area contributed by atoms with Gasteiger partial charge in [0.05, 0.1) is 0 Å². The highest BCUT2D eigenvalue weighted by atomic mass is 32.1. The Kier molecular flexibility index (Phi) is 1.88. The number of thiol groups is 1. The fourth-order valence-electron chi connectivity index (χ4n) is 1.31. The lowest BCUT2D eigenvalue weighted by Crippen LogP contribution is -2.34. The summed E-state index contributed by atoms with van der Waals surface area (Å²) < 4.78 is 0. The summed E-state index contributed by atoms with van der Waals surface area (Å²) in [6.45, 7) is 1.15. The molecule has 1 saturated heterocycles. The molecule has 1 aliphatic rings.